The van der Waals surface area contributed by atoms with Crippen LogP contribution in [-0.2, 0) is 10.8 Å². The number of hydrogen-bond acceptors (Lipinski definition) is 4. The largest absolute Gasteiger partial charge is 0.443 e. The first-order valence-corrected chi connectivity index (χ1v) is 8.91. The van der Waals surface area contributed by atoms with Gasteiger partial charge in [0.25, 0.3) is 0 Å². The molecule has 0 aliphatic carbocycles. The van der Waals surface area contributed by atoms with Gasteiger partial charge in [-0.3, -0.25) is 0 Å². The van der Waals surface area contributed by atoms with E-state index in [1.54, 1.807) is 0 Å². The summed E-state index contributed by atoms with van der Waals surface area (Å²) in [6, 6.07) is 10.4. The lowest BCUT2D eigenvalue weighted by Crippen LogP contribution is -2.16. The first-order valence-electron chi connectivity index (χ1n) is 8.91. The van der Waals surface area contributed by atoms with E-state index in [4.69, 9.17) is 13.8 Å². The van der Waals surface area contributed by atoms with Gasteiger partial charge in [-0.1, -0.05) is 47.6 Å². The van der Waals surface area contributed by atoms with Crippen LogP contribution in [-0.4, -0.2) is 9.97 Å². The molecule has 4 aromatic rings. The fraction of sp³-hybridized carbons (Fsp3) is 0.364. The molecule has 2 heterocycles. The van der Waals surface area contributed by atoms with Crippen LogP contribution in [0.2, 0.25) is 0 Å². The lowest BCUT2D eigenvalue weighted by Gasteiger charge is -2.25. The summed E-state index contributed by atoms with van der Waals surface area (Å²) < 4.78 is 11.4. The molecular weight excluding hydrogens is 324 g/mol. The summed E-state index contributed by atoms with van der Waals surface area (Å²) in [5.74, 6) is 0.629. The molecule has 0 amide bonds. The average molecular weight is 348 g/mol. The van der Waals surface area contributed by atoms with Crippen molar-refractivity contribution < 1.29 is 8.83 Å². The standard InChI is InChI=1S/C22H24N2O2/c1-21(2,3)14-7-13(8-15(9-14)22(4,5)6)20-24-17-10-16-18(25-12-23-16)11-19(17)26-20/h7-12H,1-6H3. The Morgan fingerprint density at radius 2 is 1.38 bits per heavy atom. The quantitative estimate of drug-likeness (QED) is 0.409. The maximum atomic E-state index is 6.07. The predicted octanol–water partition coefficient (Wildman–Crippen LogP) is 6.23. The van der Waals surface area contributed by atoms with Gasteiger partial charge in [0.15, 0.2) is 17.6 Å². The molecule has 0 saturated carbocycles. The molecule has 0 saturated heterocycles. The summed E-state index contributed by atoms with van der Waals surface area (Å²) in [6.45, 7) is 13.4. The Labute approximate surface area is 153 Å². The second kappa shape index (κ2) is 5.44. The molecular formula is C22H24N2O2. The molecule has 0 unspecified atom stereocenters. The molecule has 4 heteroatoms. The third kappa shape index (κ3) is 2.90. The van der Waals surface area contributed by atoms with Gasteiger partial charge >= 0.3 is 0 Å². The highest BCUT2D eigenvalue weighted by Crippen LogP contribution is 2.35. The molecule has 0 aliphatic rings. The zero-order chi connectivity index (χ0) is 18.7. The SMILES string of the molecule is CC(C)(C)c1cc(-c2nc3cc4ncoc4cc3o2)cc(C(C)(C)C)c1. The van der Waals surface area contributed by atoms with Crippen LogP contribution in [0.15, 0.2) is 45.6 Å². The van der Waals surface area contributed by atoms with Crippen molar-refractivity contribution in [3.05, 3.63) is 47.9 Å². The Morgan fingerprint density at radius 1 is 0.731 bits per heavy atom. The molecule has 0 bridgehead atoms. The molecule has 0 radical (unpaired) electrons. The van der Waals surface area contributed by atoms with Gasteiger partial charge in [0.1, 0.15) is 11.0 Å². The zero-order valence-corrected chi connectivity index (χ0v) is 16.2. The maximum Gasteiger partial charge on any atom is 0.227 e. The third-order valence-electron chi connectivity index (χ3n) is 4.75. The van der Waals surface area contributed by atoms with Gasteiger partial charge in [-0.2, -0.15) is 0 Å². The molecule has 26 heavy (non-hydrogen) atoms. The summed E-state index contributed by atoms with van der Waals surface area (Å²) >= 11 is 0. The number of hydrogen-bond donors (Lipinski definition) is 0. The summed E-state index contributed by atoms with van der Waals surface area (Å²) in [7, 11) is 0. The molecule has 2 aromatic heterocycles. The second-order valence-electron chi connectivity index (χ2n) is 8.96. The number of benzene rings is 2. The minimum absolute atomic E-state index is 0.0474. The van der Waals surface area contributed by atoms with Crippen molar-refractivity contribution in [1.82, 2.24) is 9.97 Å². The molecule has 4 rings (SSSR count). The summed E-state index contributed by atoms with van der Waals surface area (Å²) in [5, 5.41) is 0. The van der Waals surface area contributed by atoms with E-state index in [1.807, 2.05) is 12.1 Å². The normalized spacial score (nSPS) is 13.0. The minimum atomic E-state index is 0.0474. The molecule has 0 atom stereocenters. The number of oxazole rings is 2. The van der Waals surface area contributed by atoms with Gasteiger partial charge in [-0.05, 0) is 40.2 Å². The lowest BCUT2D eigenvalue weighted by atomic mass is 9.79. The number of nitrogens with zero attached hydrogens (tertiary/aromatic N) is 2. The van der Waals surface area contributed by atoms with Crippen LogP contribution in [0.25, 0.3) is 33.7 Å². The fourth-order valence-corrected chi connectivity index (χ4v) is 3.02. The van der Waals surface area contributed by atoms with Crippen LogP contribution in [0.1, 0.15) is 52.7 Å². The van der Waals surface area contributed by atoms with Crippen LogP contribution in [0.4, 0.5) is 0 Å². The Hall–Kier alpha value is -2.62. The molecule has 0 fully saturated rings. The minimum Gasteiger partial charge on any atom is -0.443 e. The molecule has 0 N–H and O–H groups in total. The molecule has 4 nitrogen and oxygen atoms in total. The monoisotopic (exact) mass is 348 g/mol. The predicted molar refractivity (Wildman–Crippen MR) is 104 cm³/mol. The van der Waals surface area contributed by atoms with Crippen molar-refractivity contribution in [2.75, 3.05) is 0 Å². The van der Waals surface area contributed by atoms with E-state index in [0.29, 0.717) is 17.1 Å². The van der Waals surface area contributed by atoms with Crippen LogP contribution >= 0.6 is 0 Å². The van der Waals surface area contributed by atoms with Crippen molar-refractivity contribution in [2.24, 2.45) is 0 Å². The van der Waals surface area contributed by atoms with Gasteiger partial charge in [0.2, 0.25) is 5.89 Å². The van der Waals surface area contributed by atoms with Crippen molar-refractivity contribution in [3.63, 3.8) is 0 Å². The van der Waals surface area contributed by atoms with Gasteiger partial charge in [-0.25, -0.2) is 9.97 Å². The second-order valence-corrected chi connectivity index (χ2v) is 8.96. The van der Waals surface area contributed by atoms with Crippen molar-refractivity contribution in [2.45, 2.75) is 52.4 Å². The third-order valence-corrected chi connectivity index (χ3v) is 4.75. The van der Waals surface area contributed by atoms with Crippen LogP contribution in [0, 0.1) is 0 Å². The van der Waals surface area contributed by atoms with Crippen molar-refractivity contribution in [3.8, 4) is 11.5 Å². The zero-order valence-electron chi connectivity index (χ0n) is 16.2. The number of rotatable bonds is 1. The van der Waals surface area contributed by atoms with E-state index in [2.05, 4.69) is 64.7 Å². The number of fused-ring (bicyclic) bond motifs is 2. The van der Waals surface area contributed by atoms with E-state index in [1.165, 1.54) is 17.5 Å². The van der Waals surface area contributed by atoms with Gasteiger partial charge < -0.3 is 8.83 Å². The Balaban J connectivity index is 1.92. The summed E-state index contributed by atoms with van der Waals surface area (Å²) in [4.78, 5) is 8.91. The van der Waals surface area contributed by atoms with E-state index >= 15 is 0 Å². The van der Waals surface area contributed by atoms with Gasteiger partial charge in [0, 0.05) is 11.6 Å². The Morgan fingerprint density at radius 3 is 2.00 bits per heavy atom. The van der Waals surface area contributed by atoms with Gasteiger partial charge in [-0.15, -0.1) is 0 Å². The van der Waals surface area contributed by atoms with E-state index < -0.39 is 0 Å². The van der Waals surface area contributed by atoms with E-state index in [0.717, 1.165) is 16.6 Å². The van der Waals surface area contributed by atoms with Crippen molar-refractivity contribution >= 4 is 22.2 Å². The van der Waals surface area contributed by atoms with Crippen LogP contribution < -0.4 is 0 Å². The van der Waals surface area contributed by atoms with E-state index in [9.17, 15) is 0 Å². The summed E-state index contributed by atoms with van der Waals surface area (Å²) in [6.07, 6.45) is 1.44. The van der Waals surface area contributed by atoms with Crippen molar-refractivity contribution in [1.29, 1.82) is 0 Å². The Bertz CT molecular complexity index is 1020. The smallest absolute Gasteiger partial charge is 0.227 e. The number of aromatic nitrogens is 2. The molecule has 0 spiro atoms. The maximum absolute atomic E-state index is 6.07. The highest BCUT2D eigenvalue weighted by Gasteiger charge is 2.22. The van der Waals surface area contributed by atoms with Gasteiger partial charge in [0.05, 0.1) is 0 Å². The van der Waals surface area contributed by atoms with Crippen LogP contribution in [0.5, 0.6) is 0 Å². The molecule has 0 aliphatic heterocycles. The first kappa shape index (κ1) is 16.8. The summed E-state index contributed by atoms with van der Waals surface area (Å²) in [5.41, 5.74) is 6.65. The van der Waals surface area contributed by atoms with E-state index in [-0.39, 0.29) is 10.8 Å². The lowest BCUT2D eigenvalue weighted by molar-refractivity contribution is 0.567. The fourth-order valence-electron chi connectivity index (χ4n) is 3.02. The molecule has 134 valence electrons. The highest BCUT2D eigenvalue weighted by molar-refractivity contribution is 5.90. The topological polar surface area (TPSA) is 52.1 Å². The van der Waals surface area contributed by atoms with Crippen LogP contribution in [0.3, 0.4) is 0 Å². The Kier molecular flexibility index (Phi) is 3.52. The molecule has 2 aromatic carbocycles. The highest BCUT2D eigenvalue weighted by atomic mass is 16.4. The first-order chi connectivity index (χ1) is 12.1. The average Bonchev–Trinajstić information content (AvgIpc) is 3.15.